The highest BCUT2D eigenvalue weighted by atomic mass is 35.5. The monoisotopic (exact) mass is 436 g/mol. The molecule has 1 aliphatic heterocycles. The van der Waals surface area contributed by atoms with Crippen LogP contribution in [0, 0.1) is 18.3 Å². The van der Waals surface area contributed by atoms with Crippen LogP contribution in [0.4, 0.5) is 5.82 Å². The first-order chi connectivity index (χ1) is 14.5. The molecule has 4 nitrogen and oxygen atoms in total. The minimum atomic E-state index is 0.518. The van der Waals surface area contributed by atoms with Gasteiger partial charge in [-0.25, -0.2) is 4.98 Å². The number of hydrogen-bond donors (Lipinski definition) is 0. The Bertz CT molecular complexity index is 1110. The Balaban J connectivity index is 1.93. The molecule has 2 heterocycles. The zero-order valence-electron chi connectivity index (χ0n) is 17.0. The molecule has 0 saturated carbocycles. The molecule has 1 fully saturated rings. The number of benzene rings is 2. The number of aromatic nitrogens is 1. The van der Waals surface area contributed by atoms with Crippen molar-refractivity contribution in [2.24, 2.45) is 0 Å². The third-order valence-electron chi connectivity index (χ3n) is 5.48. The van der Waals surface area contributed by atoms with E-state index in [1.165, 1.54) is 5.56 Å². The third kappa shape index (κ3) is 4.15. The Kier molecular flexibility index (Phi) is 5.97. The van der Waals surface area contributed by atoms with Crippen molar-refractivity contribution < 1.29 is 0 Å². The van der Waals surface area contributed by atoms with Crippen LogP contribution in [0.15, 0.2) is 48.5 Å². The zero-order valence-corrected chi connectivity index (χ0v) is 18.5. The zero-order chi connectivity index (χ0) is 21.3. The second-order valence-corrected chi connectivity index (χ2v) is 8.49. The van der Waals surface area contributed by atoms with Gasteiger partial charge in [0, 0.05) is 52.9 Å². The van der Waals surface area contributed by atoms with Gasteiger partial charge in [0.25, 0.3) is 0 Å². The van der Waals surface area contributed by atoms with Crippen LogP contribution in [0.5, 0.6) is 0 Å². The van der Waals surface area contributed by atoms with Gasteiger partial charge in [-0.05, 0) is 32.2 Å². The van der Waals surface area contributed by atoms with Gasteiger partial charge < -0.3 is 9.80 Å². The van der Waals surface area contributed by atoms with Crippen molar-refractivity contribution in [3.05, 3.63) is 69.7 Å². The summed E-state index contributed by atoms with van der Waals surface area (Å²) in [6, 6.07) is 18.0. The molecule has 2 aromatic carbocycles. The van der Waals surface area contributed by atoms with Crippen molar-refractivity contribution in [1.29, 1.82) is 5.26 Å². The summed E-state index contributed by atoms with van der Waals surface area (Å²) in [7, 11) is 2.11. The molecule has 1 aliphatic rings. The lowest BCUT2D eigenvalue weighted by molar-refractivity contribution is 0.312. The average molecular weight is 437 g/mol. The molecular formula is C24H22Cl2N4. The topological polar surface area (TPSA) is 43.2 Å². The summed E-state index contributed by atoms with van der Waals surface area (Å²) in [6.07, 6.45) is 0. The number of piperazine rings is 1. The van der Waals surface area contributed by atoms with Crippen LogP contribution in [0.25, 0.3) is 22.4 Å². The number of rotatable bonds is 3. The second-order valence-electron chi connectivity index (χ2n) is 7.65. The molecule has 4 rings (SSSR count). The number of likely N-dealkylation sites (N-methyl/N-ethyl adjacent to an activating group) is 1. The van der Waals surface area contributed by atoms with E-state index in [0.29, 0.717) is 21.4 Å². The van der Waals surface area contributed by atoms with E-state index >= 15 is 0 Å². The lowest BCUT2D eigenvalue weighted by Gasteiger charge is -2.34. The van der Waals surface area contributed by atoms with Crippen LogP contribution in [0.2, 0.25) is 10.0 Å². The fourth-order valence-corrected chi connectivity index (χ4v) is 4.19. The molecule has 1 saturated heterocycles. The summed E-state index contributed by atoms with van der Waals surface area (Å²) in [6.45, 7) is 5.56. The van der Waals surface area contributed by atoms with E-state index in [9.17, 15) is 5.26 Å². The van der Waals surface area contributed by atoms with Crippen LogP contribution >= 0.6 is 23.2 Å². The van der Waals surface area contributed by atoms with E-state index in [-0.39, 0.29) is 0 Å². The number of anilines is 1. The van der Waals surface area contributed by atoms with Gasteiger partial charge in [0.05, 0.1) is 5.69 Å². The first-order valence-electron chi connectivity index (χ1n) is 9.87. The largest absolute Gasteiger partial charge is 0.353 e. The summed E-state index contributed by atoms with van der Waals surface area (Å²) in [5, 5.41) is 11.2. The maximum Gasteiger partial charge on any atom is 0.147 e. The van der Waals surface area contributed by atoms with Crippen molar-refractivity contribution in [2.45, 2.75) is 6.92 Å². The highest BCUT2D eigenvalue weighted by molar-refractivity contribution is 6.36. The van der Waals surface area contributed by atoms with Crippen LogP contribution in [0.1, 0.15) is 11.1 Å². The lowest BCUT2D eigenvalue weighted by atomic mass is 9.97. The van der Waals surface area contributed by atoms with E-state index < -0.39 is 0 Å². The second kappa shape index (κ2) is 8.65. The molecule has 0 radical (unpaired) electrons. The minimum absolute atomic E-state index is 0.518. The highest BCUT2D eigenvalue weighted by Gasteiger charge is 2.23. The maximum absolute atomic E-state index is 10.1. The van der Waals surface area contributed by atoms with Gasteiger partial charge in [-0.3, -0.25) is 0 Å². The summed E-state index contributed by atoms with van der Waals surface area (Å²) in [5.41, 5.74) is 5.12. The van der Waals surface area contributed by atoms with E-state index in [1.54, 1.807) is 12.1 Å². The normalized spacial score (nSPS) is 14.6. The van der Waals surface area contributed by atoms with Crippen molar-refractivity contribution in [3.63, 3.8) is 0 Å². The molecule has 0 unspecified atom stereocenters. The molecule has 1 aromatic heterocycles. The summed E-state index contributed by atoms with van der Waals surface area (Å²) >= 11 is 12.6. The van der Waals surface area contributed by atoms with Crippen LogP contribution in [-0.2, 0) is 0 Å². The van der Waals surface area contributed by atoms with Gasteiger partial charge in [0.15, 0.2) is 0 Å². The SMILES string of the molecule is Cc1ccc(-c2cc(-c3ccc(Cl)cc3Cl)c(C#N)c(N3CCN(C)CC3)n2)cc1. The fraction of sp³-hybridized carbons (Fsp3) is 0.250. The number of pyridine rings is 1. The molecule has 0 aliphatic carbocycles. The molecule has 0 spiro atoms. The number of halogens is 2. The smallest absolute Gasteiger partial charge is 0.147 e. The van der Waals surface area contributed by atoms with Crippen molar-refractivity contribution in [3.8, 4) is 28.5 Å². The van der Waals surface area contributed by atoms with Gasteiger partial charge in [-0.15, -0.1) is 0 Å². The Morgan fingerprint density at radius 2 is 1.63 bits per heavy atom. The first kappa shape index (κ1) is 20.7. The van der Waals surface area contributed by atoms with Crippen molar-refractivity contribution in [2.75, 3.05) is 38.1 Å². The van der Waals surface area contributed by atoms with Crippen molar-refractivity contribution in [1.82, 2.24) is 9.88 Å². The Morgan fingerprint density at radius 1 is 0.933 bits per heavy atom. The van der Waals surface area contributed by atoms with Gasteiger partial charge in [0.2, 0.25) is 0 Å². The van der Waals surface area contributed by atoms with Gasteiger partial charge in [-0.1, -0.05) is 59.1 Å². The first-order valence-corrected chi connectivity index (χ1v) is 10.6. The van der Waals surface area contributed by atoms with E-state index in [2.05, 4.69) is 54.1 Å². The number of nitriles is 1. The summed E-state index contributed by atoms with van der Waals surface area (Å²) < 4.78 is 0. The van der Waals surface area contributed by atoms with Gasteiger partial charge in [0.1, 0.15) is 17.5 Å². The van der Waals surface area contributed by atoms with E-state index in [1.807, 2.05) is 12.1 Å². The molecule has 152 valence electrons. The van der Waals surface area contributed by atoms with E-state index in [0.717, 1.165) is 48.6 Å². The molecule has 3 aromatic rings. The molecule has 0 amide bonds. The van der Waals surface area contributed by atoms with Gasteiger partial charge in [-0.2, -0.15) is 5.26 Å². The summed E-state index contributed by atoms with van der Waals surface area (Å²) in [5.74, 6) is 0.713. The predicted molar refractivity (Wildman–Crippen MR) is 124 cm³/mol. The predicted octanol–water partition coefficient (Wildman–Crippen LogP) is 5.65. The van der Waals surface area contributed by atoms with Crippen LogP contribution in [-0.4, -0.2) is 43.1 Å². The Morgan fingerprint density at radius 3 is 2.27 bits per heavy atom. The minimum Gasteiger partial charge on any atom is -0.353 e. The summed E-state index contributed by atoms with van der Waals surface area (Å²) in [4.78, 5) is 9.42. The lowest BCUT2D eigenvalue weighted by Crippen LogP contribution is -2.45. The van der Waals surface area contributed by atoms with Gasteiger partial charge >= 0.3 is 0 Å². The third-order valence-corrected chi connectivity index (χ3v) is 6.03. The van der Waals surface area contributed by atoms with Crippen LogP contribution in [0.3, 0.4) is 0 Å². The van der Waals surface area contributed by atoms with Crippen molar-refractivity contribution >= 4 is 29.0 Å². The number of hydrogen-bond acceptors (Lipinski definition) is 4. The highest BCUT2D eigenvalue weighted by Crippen LogP contribution is 2.38. The number of aryl methyl sites for hydroxylation is 1. The maximum atomic E-state index is 10.1. The number of nitrogens with zero attached hydrogens (tertiary/aromatic N) is 4. The molecule has 0 bridgehead atoms. The fourth-order valence-electron chi connectivity index (χ4n) is 3.68. The molecule has 0 atom stereocenters. The standard InChI is InChI=1S/C24H22Cl2N4/c1-16-3-5-17(6-4-16)23-14-20(19-8-7-18(25)13-22(19)26)21(15-27)24(28-23)30-11-9-29(2)10-12-30/h3-8,13-14H,9-12H2,1-2H3. The molecule has 6 heteroatoms. The molecule has 0 N–H and O–H groups in total. The van der Waals surface area contributed by atoms with E-state index in [4.69, 9.17) is 28.2 Å². The van der Waals surface area contributed by atoms with Crippen LogP contribution < -0.4 is 4.90 Å². The molecule has 30 heavy (non-hydrogen) atoms. The quantitative estimate of drug-likeness (QED) is 0.531. The average Bonchev–Trinajstić information content (AvgIpc) is 2.74. The molecular weight excluding hydrogens is 415 g/mol. The Labute approximate surface area is 187 Å². The Hall–Kier alpha value is -2.58.